The number of benzene rings is 3. The Labute approximate surface area is 342 Å². The fourth-order valence-corrected chi connectivity index (χ4v) is 10.9. The van der Waals surface area contributed by atoms with Gasteiger partial charge in [0.05, 0.1) is 21.7 Å². The first-order valence-electron chi connectivity index (χ1n) is 19.9. The van der Waals surface area contributed by atoms with E-state index in [9.17, 15) is 29.2 Å². The molecule has 1 saturated carbocycles. The molecule has 5 aliphatic heterocycles. The quantitative estimate of drug-likeness (QED) is 0.296. The van der Waals surface area contributed by atoms with Crippen LogP contribution in [-0.4, -0.2) is 103 Å². The lowest BCUT2D eigenvalue weighted by Crippen LogP contribution is -2.74. The van der Waals surface area contributed by atoms with Crippen molar-refractivity contribution in [2.45, 2.75) is 58.7 Å². The Balaban J connectivity index is 0.720. The molecule has 2 N–H and O–H groups in total. The van der Waals surface area contributed by atoms with Crippen LogP contribution >= 0.6 is 11.6 Å². The lowest BCUT2D eigenvalue weighted by atomic mass is 9.49. The predicted octanol–water partition coefficient (Wildman–Crippen LogP) is 4.48. The zero-order valence-electron chi connectivity index (χ0n) is 33.0. The van der Waals surface area contributed by atoms with Crippen LogP contribution in [0.25, 0.3) is 0 Å². The molecule has 5 amide bonds. The van der Waals surface area contributed by atoms with Crippen LogP contribution < -0.4 is 25.2 Å². The molecule has 3 aromatic carbocycles. The van der Waals surface area contributed by atoms with Crippen molar-refractivity contribution < 1.29 is 28.7 Å². The molecule has 1 atom stereocenters. The van der Waals surface area contributed by atoms with Crippen molar-refractivity contribution >= 4 is 52.5 Å². The first kappa shape index (κ1) is 38.1. The maximum atomic E-state index is 13.5. The third-order valence-electron chi connectivity index (χ3n) is 13.4. The third kappa shape index (κ3) is 6.19. The zero-order valence-corrected chi connectivity index (χ0v) is 33.8. The zero-order chi connectivity index (χ0) is 40.9. The van der Waals surface area contributed by atoms with Crippen LogP contribution in [0.5, 0.6) is 5.75 Å². The minimum atomic E-state index is -0.970. The Hall–Kier alpha value is -5.45. The second kappa shape index (κ2) is 13.6. The maximum absolute atomic E-state index is 13.5. The summed E-state index contributed by atoms with van der Waals surface area (Å²) in [5.74, 6) is -0.980. The van der Waals surface area contributed by atoms with E-state index in [0.717, 1.165) is 62.1 Å². The molecule has 13 nitrogen and oxygen atoms in total. The van der Waals surface area contributed by atoms with Crippen LogP contribution in [0.15, 0.2) is 60.7 Å². The van der Waals surface area contributed by atoms with Gasteiger partial charge in [-0.3, -0.25) is 34.2 Å². The van der Waals surface area contributed by atoms with Crippen molar-refractivity contribution in [3.63, 3.8) is 0 Å². The summed E-state index contributed by atoms with van der Waals surface area (Å²) in [5.41, 5.74) is 3.22. The molecule has 0 aromatic heterocycles. The van der Waals surface area contributed by atoms with Crippen molar-refractivity contribution in [3.05, 3.63) is 87.9 Å². The molecular formula is C44H46ClN7O6. The van der Waals surface area contributed by atoms with Gasteiger partial charge in [0.15, 0.2) is 0 Å². The molecule has 0 bridgehead atoms. The number of carbonyl (C=O) groups is 5. The molecule has 1 unspecified atom stereocenters. The van der Waals surface area contributed by atoms with Gasteiger partial charge in [-0.25, -0.2) is 0 Å². The number of amides is 5. The Morgan fingerprint density at radius 1 is 0.879 bits per heavy atom. The molecule has 9 rings (SSSR count). The lowest BCUT2D eigenvalue weighted by Gasteiger charge is -2.63. The number of anilines is 2. The lowest BCUT2D eigenvalue weighted by molar-refractivity contribution is -0.164. The second-order valence-corrected chi connectivity index (χ2v) is 18.7. The highest BCUT2D eigenvalue weighted by molar-refractivity contribution is 6.31. The molecule has 6 aliphatic rings. The van der Waals surface area contributed by atoms with Crippen molar-refractivity contribution in [2.24, 2.45) is 22.2 Å². The predicted molar refractivity (Wildman–Crippen MR) is 216 cm³/mol. The van der Waals surface area contributed by atoms with E-state index in [2.05, 4.69) is 59.1 Å². The number of hydrogen-bond acceptors (Lipinski definition) is 10. The number of imide groups is 2. The normalized spacial score (nSPS) is 25.5. The van der Waals surface area contributed by atoms with Crippen LogP contribution in [-0.2, 0) is 9.59 Å². The van der Waals surface area contributed by atoms with E-state index < -0.39 is 29.7 Å². The number of hydrogen-bond donors (Lipinski definition) is 2. The van der Waals surface area contributed by atoms with Crippen LogP contribution in [0.1, 0.15) is 77.2 Å². The van der Waals surface area contributed by atoms with Crippen molar-refractivity contribution in [1.29, 1.82) is 5.26 Å². The number of carbonyl (C=O) groups excluding carboxylic acids is 5. The molecule has 0 radical (unpaired) electrons. The van der Waals surface area contributed by atoms with E-state index in [1.54, 1.807) is 30.3 Å². The first-order valence-corrected chi connectivity index (χ1v) is 20.3. The van der Waals surface area contributed by atoms with Gasteiger partial charge in [-0.2, -0.15) is 5.26 Å². The van der Waals surface area contributed by atoms with Crippen molar-refractivity contribution in [3.8, 4) is 11.8 Å². The standard InChI is InChI=1S/C44H46ClN7O6/c1-42(2)40(43(3,4)41(42)58-30-11-7-27(17-46)33(45)16-30)48-36(54)26-5-8-28(9-6-26)51-23-44(24-51)21-49(22-44)18-25-19-50(20-25)29-10-12-31-32(15-29)39(57)52(38(31)56)34-13-14-35(53)47-37(34)55/h5-12,15-16,25,34,40-41H,13-14,18-24H2,1-4H3,(H,48,54)(H,47,53,55). The summed E-state index contributed by atoms with van der Waals surface area (Å²) in [6, 6.07) is 19.2. The number of ether oxygens (including phenoxy) is 1. The van der Waals surface area contributed by atoms with Gasteiger partial charge < -0.3 is 24.8 Å². The van der Waals surface area contributed by atoms with Crippen molar-refractivity contribution in [2.75, 3.05) is 55.6 Å². The van der Waals surface area contributed by atoms with Gasteiger partial charge in [0, 0.05) is 103 Å². The minimum absolute atomic E-state index is 0.0923. The topological polar surface area (TPSA) is 155 Å². The number of halogens is 1. The highest BCUT2D eigenvalue weighted by Crippen LogP contribution is 2.55. The average Bonchev–Trinajstić information content (AvgIpc) is 3.38. The van der Waals surface area contributed by atoms with E-state index in [-0.39, 0.29) is 41.7 Å². The minimum Gasteiger partial charge on any atom is -0.489 e. The maximum Gasteiger partial charge on any atom is 0.262 e. The summed E-state index contributed by atoms with van der Waals surface area (Å²) in [4.78, 5) is 71.9. The van der Waals surface area contributed by atoms with Crippen LogP contribution in [0.2, 0.25) is 5.02 Å². The van der Waals surface area contributed by atoms with Crippen molar-refractivity contribution in [1.82, 2.24) is 20.4 Å². The first-order chi connectivity index (χ1) is 27.6. The Bertz CT molecular complexity index is 2280. The molecule has 14 heteroatoms. The van der Waals surface area contributed by atoms with E-state index in [4.69, 9.17) is 16.3 Å². The fourth-order valence-electron chi connectivity index (χ4n) is 10.7. The third-order valence-corrected chi connectivity index (χ3v) is 13.7. The van der Waals surface area contributed by atoms with Gasteiger partial charge in [0.2, 0.25) is 11.8 Å². The molecule has 58 heavy (non-hydrogen) atoms. The Morgan fingerprint density at radius 2 is 1.55 bits per heavy atom. The smallest absolute Gasteiger partial charge is 0.262 e. The van der Waals surface area contributed by atoms with Crippen LogP contribution in [0.4, 0.5) is 11.4 Å². The average molecular weight is 804 g/mol. The fraction of sp³-hybridized carbons (Fsp3) is 0.455. The summed E-state index contributed by atoms with van der Waals surface area (Å²) in [6.45, 7) is 15.2. The largest absolute Gasteiger partial charge is 0.489 e. The number of rotatable bonds is 9. The summed E-state index contributed by atoms with van der Waals surface area (Å²) in [6.07, 6.45) is 0.0505. The van der Waals surface area contributed by atoms with Crippen LogP contribution in [0, 0.1) is 33.5 Å². The molecule has 1 spiro atoms. The van der Waals surface area contributed by atoms with Crippen LogP contribution in [0.3, 0.4) is 0 Å². The molecule has 3 aromatic rings. The van der Waals surface area contributed by atoms with Gasteiger partial charge in [0.1, 0.15) is 24.0 Å². The number of fused-ring (bicyclic) bond motifs is 1. The summed E-state index contributed by atoms with van der Waals surface area (Å²) in [5, 5.41) is 15.1. The summed E-state index contributed by atoms with van der Waals surface area (Å²) < 4.78 is 6.38. The summed E-state index contributed by atoms with van der Waals surface area (Å²) >= 11 is 6.25. The van der Waals surface area contributed by atoms with Gasteiger partial charge in [0.25, 0.3) is 17.7 Å². The van der Waals surface area contributed by atoms with E-state index in [0.29, 0.717) is 44.4 Å². The molecule has 5 fully saturated rings. The highest BCUT2D eigenvalue weighted by atomic mass is 35.5. The molecule has 4 saturated heterocycles. The van der Waals surface area contributed by atoms with Gasteiger partial charge in [-0.1, -0.05) is 39.3 Å². The Morgan fingerprint density at radius 3 is 2.21 bits per heavy atom. The van der Waals surface area contributed by atoms with Gasteiger partial charge in [-0.15, -0.1) is 0 Å². The van der Waals surface area contributed by atoms with E-state index in [1.807, 2.05) is 30.3 Å². The molecule has 300 valence electrons. The Kier molecular flexibility index (Phi) is 8.91. The van der Waals surface area contributed by atoms with E-state index >= 15 is 0 Å². The molecular weight excluding hydrogens is 758 g/mol. The number of piperidine rings is 1. The van der Waals surface area contributed by atoms with E-state index in [1.165, 1.54) is 0 Å². The molecule has 1 aliphatic carbocycles. The SMILES string of the molecule is CC1(C)C(NC(=O)c2ccc(N3CC4(CN(CC5CN(c6ccc7c(c6)C(=O)N(C6CCC(=O)NC6=O)C7=O)C5)C4)C3)cc2)C(C)(C)C1Oc1ccc(C#N)c(Cl)c1. The highest BCUT2D eigenvalue weighted by Gasteiger charge is 2.64. The number of nitrogens with zero attached hydrogens (tertiary/aromatic N) is 5. The summed E-state index contributed by atoms with van der Waals surface area (Å²) in [7, 11) is 0. The number of nitriles is 1. The van der Waals surface area contributed by atoms with Gasteiger partial charge >= 0.3 is 0 Å². The number of likely N-dealkylation sites (tertiary alicyclic amines) is 1. The monoisotopic (exact) mass is 803 g/mol. The molecule has 5 heterocycles. The second-order valence-electron chi connectivity index (χ2n) is 18.3. The number of nitrogens with one attached hydrogen (secondary N) is 2. The van der Waals surface area contributed by atoms with Gasteiger partial charge in [-0.05, 0) is 61.0 Å².